The molecule has 2 aromatic heterocycles. The molecule has 0 saturated carbocycles. The van der Waals surface area contributed by atoms with E-state index in [-0.39, 0.29) is 5.91 Å². The predicted molar refractivity (Wildman–Crippen MR) is 144 cm³/mol. The summed E-state index contributed by atoms with van der Waals surface area (Å²) in [6, 6.07) is 19.3. The van der Waals surface area contributed by atoms with Crippen molar-refractivity contribution in [3.05, 3.63) is 90.3 Å². The molecule has 1 amide bonds. The molecule has 36 heavy (non-hydrogen) atoms. The van der Waals surface area contributed by atoms with Crippen molar-refractivity contribution in [2.75, 3.05) is 19.5 Å². The number of anilines is 1. The monoisotopic (exact) mass is 478 g/mol. The maximum absolute atomic E-state index is 13.0. The molecule has 6 nitrogen and oxygen atoms in total. The Morgan fingerprint density at radius 1 is 1.00 bits per heavy atom. The molecule has 5 rings (SSSR count). The van der Waals surface area contributed by atoms with E-state index in [1.807, 2.05) is 74.5 Å². The summed E-state index contributed by atoms with van der Waals surface area (Å²) >= 11 is 0. The van der Waals surface area contributed by atoms with E-state index in [9.17, 15) is 4.79 Å². The second-order valence-electron chi connectivity index (χ2n) is 8.53. The van der Waals surface area contributed by atoms with Crippen molar-refractivity contribution in [3.8, 4) is 22.6 Å². The van der Waals surface area contributed by atoms with Crippen molar-refractivity contribution in [2.24, 2.45) is 0 Å². The smallest absolute Gasteiger partial charge is 0.248 e. The average Bonchev–Trinajstić information content (AvgIpc) is 3.33. The lowest BCUT2D eigenvalue weighted by Gasteiger charge is -2.14. The Bertz CT molecular complexity index is 1630. The van der Waals surface area contributed by atoms with Crippen molar-refractivity contribution in [2.45, 2.75) is 13.8 Å². The van der Waals surface area contributed by atoms with Gasteiger partial charge in [-0.1, -0.05) is 18.2 Å². The maximum Gasteiger partial charge on any atom is 0.248 e. The molecule has 0 aliphatic carbocycles. The Morgan fingerprint density at radius 3 is 2.64 bits per heavy atom. The third kappa shape index (κ3) is 4.18. The number of carbonyl (C=O) groups excluding carboxylic acids is 1. The van der Waals surface area contributed by atoms with E-state index in [1.165, 1.54) is 0 Å². The molecule has 0 aliphatic heterocycles. The van der Waals surface area contributed by atoms with Gasteiger partial charge in [0.15, 0.2) is 0 Å². The van der Waals surface area contributed by atoms with Gasteiger partial charge >= 0.3 is 0 Å². The van der Waals surface area contributed by atoms with Crippen LogP contribution in [0.15, 0.2) is 83.6 Å². The summed E-state index contributed by atoms with van der Waals surface area (Å²) in [5, 5.41) is 4.81. The first-order chi connectivity index (χ1) is 17.5. The van der Waals surface area contributed by atoms with E-state index in [0.29, 0.717) is 11.4 Å². The van der Waals surface area contributed by atoms with Crippen molar-refractivity contribution in [1.82, 2.24) is 4.98 Å². The molecule has 2 heterocycles. The van der Waals surface area contributed by atoms with Crippen LogP contribution in [0.3, 0.4) is 0 Å². The van der Waals surface area contributed by atoms with Crippen LogP contribution in [-0.2, 0) is 4.79 Å². The molecular weight excluding hydrogens is 452 g/mol. The van der Waals surface area contributed by atoms with Crippen LogP contribution in [0.5, 0.6) is 11.5 Å². The van der Waals surface area contributed by atoms with E-state index in [1.54, 1.807) is 32.8 Å². The fourth-order valence-electron chi connectivity index (χ4n) is 4.54. The normalized spacial score (nSPS) is 11.6. The minimum Gasteiger partial charge on any atom is -0.497 e. The minimum atomic E-state index is -0.233. The number of methoxy groups -OCH3 is 2. The molecule has 180 valence electrons. The third-order valence-electron chi connectivity index (χ3n) is 6.30. The highest BCUT2D eigenvalue weighted by Gasteiger charge is 2.19. The summed E-state index contributed by atoms with van der Waals surface area (Å²) in [6.07, 6.45) is 5.07. The molecule has 6 heteroatoms. The number of furan rings is 1. The lowest BCUT2D eigenvalue weighted by atomic mass is 9.96. The molecule has 0 unspecified atom stereocenters. The van der Waals surface area contributed by atoms with Gasteiger partial charge in [-0.3, -0.25) is 9.78 Å². The van der Waals surface area contributed by atoms with Crippen molar-refractivity contribution >= 4 is 39.0 Å². The quantitative estimate of drug-likeness (QED) is 0.266. The number of hydrogen-bond donors (Lipinski definition) is 1. The number of benzene rings is 3. The predicted octanol–water partition coefficient (Wildman–Crippen LogP) is 7.02. The van der Waals surface area contributed by atoms with E-state index in [4.69, 9.17) is 13.9 Å². The van der Waals surface area contributed by atoms with Gasteiger partial charge in [-0.15, -0.1) is 0 Å². The second-order valence-corrected chi connectivity index (χ2v) is 8.53. The van der Waals surface area contributed by atoms with Gasteiger partial charge in [0, 0.05) is 39.7 Å². The second kappa shape index (κ2) is 9.58. The van der Waals surface area contributed by atoms with Crippen LogP contribution in [0.4, 0.5) is 5.69 Å². The molecular formula is C30H26N2O4. The maximum atomic E-state index is 13.0. The summed E-state index contributed by atoms with van der Waals surface area (Å²) < 4.78 is 17.1. The summed E-state index contributed by atoms with van der Waals surface area (Å²) in [4.78, 5) is 17.4. The molecule has 5 aromatic rings. The Labute approximate surface area is 209 Å². The number of carbonyl (C=O) groups is 1. The van der Waals surface area contributed by atoms with Crippen LogP contribution in [0.25, 0.3) is 38.6 Å². The Kier molecular flexibility index (Phi) is 6.17. The summed E-state index contributed by atoms with van der Waals surface area (Å²) in [5.74, 6) is 1.21. The fraction of sp³-hybridized carbons (Fsp3) is 0.133. The van der Waals surface area contributed by atoms with E-state index < -0.39 is 0 Å². The summed E-state index contributed by atoms with van der Waals surface area (Å²) in [7, 11) is 3.27. The third-order valence-corrected chi connectivity index (χ3v) is 6.30. The number of ether oxygens (including phenoxy) is 2. The first-order valence-corrected chi connectivity index (χ1v) is 11.6. The van der Waals surface area contributed by atoms with Gasteiger partial charge in [-0.05, 0) is 67.4 Å². The van der Waals surface area contributed by atoms with Gasteiger partial charge in [-0.25, -0.2) is 0 Å². The van der Waals surface area contributed by atoms with Crippen LogP contribution >= 0.6 is 0 Å². The average molecular weight is 479 g/mol. The highest BCUT2D eigenvalue weighted by atomic mass is 16.5. The minimum absolute atomic E-state index is 0.233. The number of nitrogens with zero attached hydrogens (tertiary/aromatic N) is 1. The summed E-state index contributed by atoms with van der Waals surface area (Å²) in [5.41, 5.74) is 6.66. The molecule has 0 bridgehead atoms. The molecule has 0 aliphatic rings. The largest absolute Gasteiger partial charge is 0.497 e. The van der Waals surface area contributed by atoms with E-state index in [2.05, 4.69) is 10.3 Å². The number of nitrogens with one attached hydrogen (secondary N) is 1. The Balaban J connectivity index is 1.55. The van der Waals surface area contributed by atoms with Crippen molar-refractivity contribution in [1.29, 1.82) is 0 Å². The topological polar surface area (TPSA) is 73.6 Å². The van der Waals surface area contributed by atoms with E-state index >= 15 is 0 Å². The van der Waals surface area contributed by atoms with Gasteiger partial charge in [0.05, 0.1) is 31.7 Å². The van der Waals surface area contributed by atoms with Gasteiger partial charge < -0.3 is 19.2 Å². The summed E-state index contributed by atoms with van der Waals surface area (Å²) in [6.45, 7) is 3.86. The molecule has 0 radical (unpaired) electrons. The zero-order valence-electron chi connectivity index (χ0n) is 20.6. The Hall–Kier alpha value is -4.58. The number of aromatic nitrogens is 1. The first kappa shape index (κ1) is 23.2. The molecule has 1 N–H and O–H groups in total. The highest BCUT2D eigenvalue weighted by Crippen LogP contribution is 2.41. The van der Waals surface area contributed by atoms with Gasteiger partial charge in [0.1, 0.15) is 17.1 Å². The lowest BCUT2D eigenvalue weighted by molar-refractivity contribution is -0.111. The zero-order chi connectivity index (χ0) is 25.2. The van der Waals surface area contributed by atoms with Crippen LogP contribution in [0, 0.1) is 6.92 Å². The number of rotatable bonds is 6. The lowest BCUT2D eigenvalue weighted by Crippen LogP contribution is -2.09. The standard InChI is InChI=1S/C30H26N2O4/c1-18(14-28(33)32-27-12-6-11-26-22(27)10-7-13-31-26)23-16-24-25(20-8-5-9-21(15-20)34-3)17-36-30(24)19(2)29(23)35-4/h5-17H,1-4H3,(H,32,33)/b18-14+. The number of aryl methyl sites for hydroxylation is 1. The number of pyridine rings is 1. The van der Waals surface area contributed by atoms with Crippen LogP contribution in [0.2, 0.25) is 0 Å². The molecule has 0 atom stereocenters. The fourth-order valence-corrected chi connectivity index (χ4v) is 4.54. The number of amides is 1. The number of fused-ring (bicyclic) bond motifs is 2. The van der Waals surface area contributed by atoms with Crippen molar-refractivity contribution < 1.29 is 18.7 Å². The van der Waals surface area contributed by atoms with Gasteiger partial charge in [0.2, 0.25) is 5.91 Å². The molecule has 0 spiro atoms. The number of allylic oxidation sites excluding steroid dienone is 1. The first-order valence-electron chi connectivity index (χ1n) is 11.6. The molecule has 0 saturated heterocycles. The molecule has 3 aromatic carbocycles. The van der Waals surface area contributed by atoms with Gasteiger partial charge in [-0.2, -0.15) is 0 Å². The SMILES string of the molecule is COc1cccc(-c2coc3c(C)c(OC)c(/C(C)=C/C(=O)Nc4cccc5ncccc45)cc23)c1. The van der Waals surface area contributed by atoms with Crippen LogP contribution in [-0.4, -0.2) is 25.1 Å². The van der Waals surface area contributed by atoms with Crippen molar-refractivity contribution in [3.63, 3.8) is 0 Å². The Morgan fingerprint density at radius 2 is 1.83 bits per heavy atom. The van der Waals surface area contributed by atoms with Gasteiger partial charge in [0.25, 0.3) is 0 Å². The zero-order valence-corrected chi connectivity index (χ0v) is 20.6. The van der Waals surface area contributed by atoms with Crippen LogP contribution in [0.1, 0.15) is 18.1 Å². The van der Waals surface area contributed by atoms with Crippen LogP contribution < -0.4 is 14.8 Å². The number of hydrogen-bond acceptors (Lipinski definition) is 5. The highest BCUT2D eigenvalue weighted by molar-refractivity contribution is 6.09. The molecule has 0 fully saturated rings. The van der Waals surface area contributed by atoms with E-state index in [0.717, 1.165) is 55.4 Å².